The molecule has 0 atom stereocenters. The standard InChI is InChI=1S/C18H12BrF3N2O2S/c1-26-13-8-7-11(9-12(13)19)16(25)24-17-23-15(18(20,21)22)14(27-17)10-5-3-2-4-6-10/h2-9H,1H3,(H,23,24,25). The third-order valence-electron chi connectivity index (χ3n) is 3.57. The predicted molar refractivity (Wildman–Crippen MR) is 101 cm³/mol. The Labute approximate surface area is 165 Å². The molecule has 0 spiro atoms. The molecule has 27 heavy (non-hydrogen) atoms. The minimum Gasteiger partial charge on any atom is -0.496 e. The van der Waals surface area contributed by atoms with E-state index in [-0.39, 0.29) is 15.6 Å². The minimum atomic E-state index is -4.63. The number of rotatable bonds is 4. The number of hydrogen-bond donors (Lipinski definition) is 1. The Bertz CT molecular complexity index is 974. The number of methoxy groups -OCH3 is 1. The average molecular weight is 457 g/mol. The number of ether oxygens (including phenoxy) is 1. The first-order valence-electron chi connectivity index (χ1n) is 7.58. The van der Waals surface area contributed by atoms with Gasteiger partial charge in [0.05, 0.1) is 16.5 Å². The van der Waals surface area contributed by atoms with Crippen molar-refractivity contribution in [1.29, 1.82) is 0 Å². The van der Waals surface area contributed by atoms with Gasteiger partial charge in [0.15, 0.2) is 10.8 Å². The lowest BCUT2D eigenvalue weighted by Crippen LogP contribution is -2.13. The van der Waals surface area contributed by atoms with Crippen LogP contribution in [0, 0.1) is 0 Å². The monoisotopic (exact) mass is 456 g/mol. The maximum atomic E-state index is 13.4. The largest absolute Gasteiger partial charge is 0.496 e. The van der Waals surface area contributed by atoms with Gasteiger partial charge in [-0.2, -0.15) is 13.2 Å². The molecule has 0 fully saturated rings. The molecule has 4 nitrogen and oxygen atoms in total. The Morgan fingerprint density at radius 2 is 1.89 bits per heavy atom. The van der Waals surface area contributed by atoms with Crippen molar-refractivity contribution in [3.63, 3.8) is 0 Å². The number of nitrogens with zero attached hydrogens (tertiary/aromatic N) is 1. The molecule has 0 aliphatic rings. The molecule has 0 saturated heterocycles. The van der Waals surface area contributed by atoms with E-state index in [9.17, 15) is 18.0 Å². The van der Waals surface area contributed by atoms with Crippen LogP contribution in [0.1, 0.15) is 16.1 Å². The highest BCUT2D eigenvalue weighted by molar-refractivity contribution is 9.10. The van der Waals surface area contributed by atoms with Crippen LogP contribution in [-0.2, 0) is 6.18 Å². The number of aromatic nitrogens is 1. The van der Waals surface area contributed by atoms with Crippen molar-refractivity contribution in [2.45, 2.75) is 6.18 Å². The zero-order valence-corrected chi connectivity index (χ0v) is 16.2. The number of amides is 1. The Hall–Kier alpha value is -2.39. The highest BCUT2D eigenvalue weighted by Gasteiger charge is 2.38. The van der Waals surface area contributed by atoms with E-state index in [1.165, 1.54) is 19.2 Å². The second-order valence-corrected chi connectivity index (χ2v) is 7.22. The number of hydrogen-bond acceptors (Lipinski definition) is 4. The number of thiazole rings is 1. The molecule has 3 rings (SSSR count). The highest BCUT2D eigenvalue weighted by atomic mass is 79.9. The van der Waals surface area contributed by atoms with E-state index >= 15 is 0 Å². The fourth-order valence-electron chi connectivity index (χ4n) is 2.33. The van der Waals surface area contributed by atoms with Gasteiger partial charge in [-0.05, 0) is 39.7 Å². The molecule has 0 aliphatic carbocycles. The molecule has 0 radical (unpaired) electrons. The predicted octanol–water partition coefficient (Wildman–Crippen LogP) is 5.85. The van der Waals surface area contributed by atoms with Gasteiger partial charge < -0.3 is 4.74 Å². The van der Waals surface area contributed by atoms with Crippen LogP contribution >= 0.6 is 27.3 Å². The molecule has 0 bridgehead atoms. The Morgan fingerprint density at radius 1 is 1.19 bits per heavy atom. The summed E-state index contributed by atoms with van der Waals surface area (Å²) in [6, 6.07) is 12.7. The van der Waals surface area contributed by atoms with E-state index in [0.29, 0.717) is 15.8 Å². The zero-order valence-electron chi connectivity index (χ0n) is 13.8. The summed E-state index contributed by atoms with van der Waals surface area (Å²) in [5.74, 6) is -0.0352. The van der Waals surface area contributed by atoms with Crippen molar-refractivity contribution < 1.29 is 22.7 Å². The molecular weight excluding hydrogens is 445 g/mol. The number of anilines is 1. The van der Waals surface area contributed by atoms with Crippen LogP contribution in [0.2, 0.25) is 0 Å². The van der Waals surface area contributed by atoms with Crippen molar-refractivity contribution in [1.82, 2.24) is 4.98 Å². The fourth-order valence-corrected chi connectivity index (χ4v) is 3.85. The summed E-state index contributed by atoms with van der Waals surface area (Å²) in [6.07, 6.45) is -4.63. The van der Waals surface area contributed by atoms with Crippen LogP contribution in [0.4, 0.5) is 18.3 Å². The molecule has 0 saturated carbocycles. The van der Waals surface area contributed by atoms with Gasteiger partial charge in [-0.1, -0.05) is 41.7 Å². The second-order valence-electron chi connectivity index (χ2n) is 5.36. The SMILES string of the molecule is COc1ccc(C(=O)Nc2nc(C(F)(F)F)c(-c3ccccc3)s2)cc1Br. The lowest BCUT2D eigenvalue weighted by Gasteiger charge is -2.06. The number of carbonyl (C=O) groups excluding carboxylic acids is 1. The van der Waals surface area contributed by atoms with Crippen LogP contribution in [-0.4, -0.2) is 18.0 Å². The average Bonchev–Trinajstić information content (AvgIpc) is 3.06. The Morgan fingerprint density at radius 3 is 2.48 bits per heavy atom. The molecule has 1 N–H and O–H groups in total. The molecule has 1 heterocycles. The van der Waals surface area contributed by atoms with Crippen molar-refractivity contribution in [2.75, 3.05) is 12.4 Å². The van der Waals surface area contributed by atoms with Crippen molar-refractivity contribution in [3.8, 4) is 16.2 Å². The number of nitrogens with one attached hydrogen (secondary N) is 1. The van der Waals surface area contributed by atoms with E-state index in [2.05, 4.69) is 26.2 Å². The second kappa shape index (κ2) is 7.69. The summed E-state index contributed by atoms with van der Waals surface area (Å²) < 4.78 is 45.7. The highest BCUT2D eigenvalue weighted by Crippen LogP contribution is 2.42. The topological polar surface area (TPSA) is 51.2 Å². The fraction of sp³-hybridized carbons (Fsp3) is 0.111. The molecular formula is C18H12BrF3N2O2S. The van der Waals surface area contributed by atoms with E-state index in [1.54, 1.807) is 36.4 Å². The molecule has 0 unspecified atom stereocenters. The zero-order chi connectivity index (χ0) is 19.6. The number of carbonyl (C=O) groups is 1. The van der Waals surface area contributed by atoms with Gasteiger partial charge in [0.1, 0.15) is 5.75 Å². The summed E-state index contributed by atoms with van der Waals surface area (Å²) in [5.41, 5.74) is -0.382. The van der Waals surface area contributed by atoms with E-state index in [0.717, 1.165) is 11.3 Å². The molecule has 1 amide bonds. The molecule has 0 aliphatic heterocycles. The molecule has 3 aromatic rings. The van der Waals surface area contributed by atoms with Gasteiger partial charge >= 0.3 is 6.18 Å². The normalized spacial score (nSPS) is 11.3. The van der Waals surface area contributed by atoms with Crippen LogP contribution in [0.15, 0.2) is 53.0 Å². The van der Waals surface area contributed by atoms with Crippen LogP contribution in [0.25, 0.3) is 10.4 Å². The van der Waals surface area contributed by atoms with Crippen molar-refractivity contribution in [3.05, 3.63) is 64.3 Å². The molecule has 140 valence electrons. The van der Waals surface area contributed by atoms with E-state index < -0.39 is 17.8 Å². The Balaban J connectivity index is 1.92. The van der Waals surface area contributed by atoms with Crippen LogP contribution in [0.5, 0.6) is 5.75 Å². The van der Waals surface area contributed by atoms with E-state index in [1.807, 2.05) is 0 Å². The first-order chi connectivity index (χ1) is 12.8. The van der Waals surface area contributed by atoms with Crippen molar-refractivity contribution in [2.24, 2.45) is 0 Å². The summed E-state index contributed by atoms with van der Waals surface area (Å²) in [5, 5.41) is 2.31. The van der Waals surface area contributed by atoms with Gasteiger partial charge in [-0.25, -0.2) is 4.98 Å². The third kappa shape index (κ3) is 4.30. The molecule has 1 aromatic heterocycles. The third-order valence-corrected chi connectivity index (χ3v) is 5.21. The van der Waals surface area contributed by atoms with Gasteiger partial charge in [0.2, 0.25) is 0 Å². The lowest BCUT2D eigenvalue weighted by molar-refractivity contribution is -0.140. The summed E-state index contributed by atoms with van der Waals surface area (Å²) >= 11 is 4.04. The lowest BCUT2D eigenvalue weighted by atomic mass is 10.1. The van der Waals surface area contributed by atoms with Gasteiger partial charge in [0, 0.05) is 5.56 Å². The van der Waals surface area contributed by atoms with Crippen LogP contribution < -0.4 is 10.1 Å². The summed E-state index contributed by atoms with van der Waals surface area (Å²) in [7, 11) is 1.49. The number of halogens is 4. The molecule has 2 aromatic carbocycles. The smallest absolute Gasteiger partial charge is 0.434 e. The number of benzene rings is 2. The van der Waals surface area contributed by atoms with Crippen molar-refractivity contribution >= 4 is 38.3 Å². The maximum Gasteiger partial charge on any atom is 0.434 e. The first-order valence-corrected chi connectivity index (χ1v) is 9.19. The van der Waals surface area contributed by atoms with E-state index in [4.69, 9.17) is 4.74 Å². The summed E-state index contributed by atoms with van der Waals surface area (Å²) in [6.45, 7) is 0. The van der Waals surface area contributed by atoms with Gasteiger partial charge in [0.25, 0.3) is 5.91 Å². The van der Waals surface area contributed by atoms with Crippen LogP contribution in [0.3, 0.4) is 0 Å². The number of alkyl halides is 3. The first kappa shape index (κ1) is 19.4. The molecule has 9 heteroatoms. The quantitative estimate of drug-likeness (QED) is 0.535. The maximum absolute atomic E-state index is 13.4. The van der Waals surface area contributed by atoms with Gasteiger partial charge in [-0.3, -0.25) is 10.1 Å². The summed E-state index contributed by atoms with van der Waals surface area (Å²) in [4.78, 5) is 15.9. The Kier molecular flexibility index (Phi) is 5.52. The minimum absolute atomic E-state index is 0.0469. The van der Waals surface area contributed by atoms with Gasteiger partial charge in [-0.15, -0.1) is 0 Å².